The summed E-state index contributed by atoms with van der Waals surface area (Å²) in [6.45, 7) is 4.95. The van der Waals surface area contributed by atoms with Crippen molar-refractivity contribution in [1.82, 2.24) is 5.32 Å². The smallest absolute Gasteiger partial charge is 0.227 e. The van der Waals surface area contributed by atoms with Crippen LogP contribution in [0, 0.1) is 17.3 Å². The van der Waals surface area contributed by atoms with Crippen LogP contribution in [0.5, 0.6) is 0 Å². The molecule has 0 saturated heterocycles. The molecule has 0 aromatic carbocycles. The van der Waals surface area contributed by atoms with E-state index in [9.17, 15) is 4.79 Å². The third-order valence-corrected chi connectivity index (χ3v) is 5.57. The fourth-order valence-electron chi connectivity index (χ4n) is 3.77. The van der Waals surface area contributed by atoms with Gasteiger partial charge in [0.1, 0.15) is 0 Å². The normalized spacial score (nSPS) is 34.2. The van der Waals surface area contributed by atoms with Gasteiger partial charge in [-0.15, -0.1) is 0 Å². The Hall–Kier alpha value is -0.570. The van der Waals surface area contributed by atoms with Crippen LogP contribution in [-0.4, -0.2) is 18.5 Å². The summed E-state index contributed by atoms with van der Waals surface area (Å²) in [5.74, 6) is 1.65. The second kappa shape index (κ2) is 6.25. The van der Waals surface area contributed by atoms with Gasteiger partial charge in [-0.05, 0) is 57.3 Å². The average Bonchev–Trinajstić information content (AvgIpc) is 2.94. The molecular formula is C16H30N2O. The van der Waals surface area contributed by atoms with Gasteiger partial charge in [0.15, 0.2) is 0 Å². The number of amides is 1. The molecule has 19 heavy (non-hydrogen) atoms. The minimum Gasteiger partial charge on any atom is -0.353 e. The third-order valence-electron chi connectivity index (χ3n) is 5.57. The molecule has 1 atom stereocenters. The van der Waals surface area contributed by atoms with Crippen molar-refractivity contribution in [2.45, 2.75) is 71.3 Å². The Morgan fingerprint density at radius 3 is 2.37 bits per heavy atom. The molecule has 2 rings (SSSR count). The van der Waals surface area contributed by atoms with Crippen molar-refractivity contribution in [2.75, 3.05) is 6.54 Å². The maximum absolute atomic E-state index is 12.6. The Bertz CT molecular complexity index is 302. The van der Waals surface area contributed by atoms with Crippen molar-refractivity contribution >= 4 is 5.91 Å². The van der Waals surface area contributed by atoms with E-state index in [4.69, 9.17) is 5.73 Å². The van der Waals surface area contributed by atoms with Crippen molar-refractivity contribution in [2.24, 2.45) is 23.0 Å². The largest absolute Gasteiger partial charge is 0.353 e. The summed E-state index contributed by atoms with van der Waals surface area (Å²) in [5.41, 5.74) is 5.67. The van der Waals surface area contributed by atoms with Gasteiger partial charge in [0.25, 0.3) is 0 Å². The quantitative estimate of drug-likeness (QED) is 0.822. The minimum absolute atomic E-state index is 0.223. The average molecular weight is 266 g/mol. The van der Waals surface area contributed by atoms with E-state index in [0.717, 1.165) is 31.6 Å². The Morgan fingerprint density at radius 2 is 1.84 bits per heavy atom. The van der Waals surface area contributed by atoms with E-state index in [1.165, 1.54) is 25.7 Å². The molecule has 2 aliphatic carbocycles. The van der Waals surface area contributed by atoms with E-state index in [-0.39, 0.29) is 11.3 Å². The van der Waals surface area contributed by atoms with Crippen LogP contribution in [0.25, 0.3) is 0 Å². The van der Waals surface area contributed by atoms with Gasteiger partial charge in [-0.25, -0.2) is 0 Å². The number of rotatable bonds is 4. The van der Waals surface area contributed by atoms with Gasteiger partial charge >= 0.3 is 0 Å². The summed E-state index contributed by atoms with van der Waals surface area (Å²) in [6, 6.07) is 0.317. The zero-order chi connectivity index (χ0) is 13.9. The van der Waals surface area contributed by atoms with E-state index in [1.807, 2.05) is 0 Å². The van der Waals surface area contributed by atoms with Gasteiger partial charge in [0.2, 0.25) is 5.91 Å². The Kier molecular flexibility index (Phi) is 4.88. The molecule has 0 unspecified atom stereocenters. The molecule has 0 heterocycles. The first kappa shape index (κ1) is 14.8. The summed E-state index contributed by atoms with van der Waals surface area (Å²) in [6.07, 6.45) is 9.41. The van der Waals surface area contributed by atoms with Gasteiger partial charge in [-0.3, -0.25) is 4.79 Å². The molecule has 2 fully saturated rings. The lowest BCUT2D eigenvalue weighted by molar-refractivity contribution is -0.133. The van der Waals surface area contributed by atoms with E-state index in [0.29, 0.717) is 18.5 Å². The third kappa shape index (κ3) is 3.31. The summed E-state index contributed by atoms with van der Waals surface area (Å²) in [5, 5.41) is 3.28. The fraction of sp³-hybridized carbons (Fsp3) is 0.938. The molecular weight excluding hydrogens is 236 g/mol. The maximum Gasteiger partial charge on any atom is 0.227 e. The topological polar surface area (TPSA) is 55.1 Å². The number of hydrogen-bond donors (Lipinski definition) is 2. The molecule has 3 N–H and O–H groups in total. The molecule has 0 spiro atoms. The van der Waals surface area contributed by atoms with Crippen LogP contribution < -0.4 is 11.1 Å². The van der Waals surface area contributed by atoms with Crippen LogP contribution in [0.1, 0.15) is 65.2 Å². The first-order chi connectivity index (χ1) is 9.07. The zero-order valence-electron chi connectivity index (χ0n) is 12.6. The van der Waals surface area contributed by atoms with Gasteiger partial charge in [0, 0.05) is 12.6 Å². The van der Waals surface area contributed by atoms with Gasteiger partial charge in [0.05, 0.1) is 5.41 Å². The number of nitrogens with one attached hydrogen (secondary N) is 1. The Morgan fingerprint density at radius 1 is 1.26 bits per heavy atom. The van der Waals surface area contributed by atoms with Gasteiger partial charge in [-0.1, -0.05) is 19.8 Å². The molecule has 110 valence electrons. The van der Waals surface area contributed by atoms with E-state index < -0.39 is 0 Å². The predicted octanol–water partition coefficient (Wildman–Crippen LogP) is 2.84. The highest BCUT2D eigenvalue weighted by Crippen LogP contribution is 2.38. The van der Waals surface area contributed by atoms with Crippen molar-refractivity contribution in [3.63, 3.8) is 0 Å². The lowest BCUT2D eigenvalue weighted by atomic mass is 9.70. The molecule has 1 amide bonds. The lowest BCUT2D eigenvalue weighted by Gasteiger charge is -2.38. The molecule has 0 bridgehead atoms. The summed E-state index contributed by atoms with van der Waals surface area (Å²) >= 11 is 0. The molecule has 2 aliphatic rings. The van der Waals surface area contributed by atoms with Crippen LogP contribution in [0.15, 0.2) is 0 Å². The zero-order valence-corrected chi connectivity index (χ0v) is 12.6. The molecule has 0 aromatic heterocycles. The van der Waals surface area contributed by atoms with Crippen molar-refractivity contribution in [1.29, 1.82) is 0 Å². The minimum atomic E-state index is -0.278. The summed E-state index contributed by atoms with van der Waals surface area (Å²) < 4.78 is 0. The SMILES string of the molecule is CC1CCC(CN)(C(=O)N[C@@H](C)C2CCCC2)CC1. The van der Waals surface area contributed by atoms with Crippen molar-refractivity contribution in [3.05, 3.63) is 0 Å². The van der Waals surface area contributed by atoms with E-state index in [2.05, 4.69) is 19.2 Å². The summed E-state index contributed by atoms with van der Waals surface area (Å²) in [7, 11) is 0. The highest BCUT2D eigenvalue weighted by Gasteiger charge is 2.40. The monoisotopic (exact) mass is 266 g/mol. The first-order valence-electron chi connectivity index (χ1n) is 8.08. The highest BCUT2D eigenvalue weighted by atomic mass is 16.2. The molecule has 0 aromatic rings. The first-order valence-corrected chi connectivity index (χ1v) is 8.08. The number of carbonyl (C=O) groups excluding carboxylic acids is 1. The number of nitrogens with two attached hydrogens (primary N) is 1. The second-order valence-electron chi connectivity index (χ2n) is 6.97. The summed E-state index contributed by atoms with van der Waals surface area (Å²) in [4.78, 5) is 12.6. The van der Waals surface area contributed by atoms with Crippen LogP contribution in [0.2, 0.25) is 0 Å². The van der Waals surface area contributed by atoms with E-state index in [1.54, 1.807) is 0 Å². The molecule has 0 aliphatic heterocycles. The van der Waals surface area contributed by atoms with E-state index >= 15 is 0 Å². The standard InChI is InChI=1S/C16H30N2O/c1-12-7-9-16(11-17,10-8-12)15(19)18-13(2)14-5-3-4-6-14/h12-14H,3-11,17H2,1-2H3,(H,18,19)/t12?,13-,16?/m0/s1. The van der Waals surface area contributed by atoms with Crippen molar-refractivity contribution in [3.8, 4) is 0 Å². The van der Waals surface area contributed by atoms with Crippen LogP contribution >= 0.6 is 0 Å². The fourth-order valence-corrected chi connectivity index (χ4v) is 3.77. The maximum atomic E-state index is 12.6. The molecule has 3 heteroatoms. The molecule has 0 radical (unpaired) electrons. The second-order valence-corrected chi connectivity index (χ2v) is 6.97. The van der Waals surface area contributed by atoms with Gasteiger partial charge in [-0.2, -0.15) is 0 Å². The van der Waals surface area contributed by atoms with Crippen molar-refractivity contribution < 1.29 is 4.79 Å². The molecule has 2 saturated carbocycles. The lowest BCUT2D eigenvalue weighted by Crippen LogP contribution is -2.51. The van der Waals surface area contributed by atoms with Crippen LogP contribution in [0.3, 0.4) is 0 Å². The predicted molar refractivity (Wildman–Crippen MR) is 78.7 cm³/mol. The number of carbonyl (C=O) groups is 1. The Labute approximate surface area is 117 Å². The van der Waals surface area contributed by atoms with Crippen LogP contribution in [-0.2, 0) is 4.79 Å². The molecule has 3 nitrogen and oxygen atoms in total. The highest BCUT2D eigenvalue weighted by molar-refractivity contribution is 5.83. The van der Waals surface area contributed by atoms with Crippen LogP contribution in [0.4, 0.5) is 0 Å². The van der Waals surface area contributed by atoms with Gasteiger partial charge < -0.3 is 11.1 Å². The Balaban J connectivity index is 1.92. The number of hydrogen-bond acceptors (Lipinski definition) is 2.